The second-order valence-corrected chi connectivity index (χ2v) is 7.19. The summed E-state index contributed by atoms with van der Waals surface area (Å²) in [6, 6.07) is 17.5. The fourth-order valence-corrected chi connectivity index (χ4v) is 3.72. The molecular formula is C22H18FN3O2S. The molecule has 2 aromatic carbocycles. The summed E-state index contributed by atoms with van der Waals surface area (Å²) < 4.78 is 21.3. The van der Waals surface area contributed by atoms with E-state index < -0.39 is 0 Å². The van der Waals surface area contributed by atoms with Gasteiger partial charge in [0.2, 0.25) is 0 Å². The van der Waals surface area contributed by atoms with Crippen molar-refractivity contribution < 1.29 is 13.9 Å². The van der Waals surface area contributed by atoms with Crippen LogP contribution in [0.3, 0.4) is 0 Å². The number of hydrogen-bond acceptors (Lipinski definition) is 4. The molecule has 2 heterocycles. The van der Waals surface area contributed by atoms with Gasteiger partial charge in [-0.2, -0.15) is 0 Å². The lowest BCUT2D eigenvalue weighted by Gasteiger charge is -2.07. The van der Waals surface area contributed by atoms with Crippen LogP contribution in [0.25, 0.3) is 11.8 Å². The number of amides is 1. The Labute approximate surface area is 171 Å². The minimum atomic E-state index is -0.329. The normalized spacial score (nSPS) is 16.4. The number of benzene rings is 2. The van der Waals surface area contributed by atoms with E-state index >= 15 is 0 Å². The van der Waals surface area contributed by atoms with Crippen LogP contribution in [0.1, 0.15) is 12.6 Å². The maximum atomic E-state index is 14.2. The lowest BCUT2D eigenvalue weighted by atomic mass is 10.3. The van der Waals surface area contributed by atoms with Gasteiger partial charge in [-0.1, -0.05) is 12.1 Å². The smallest absolute Gasteiger partial charge is 0.264 e. The number of rotatable bonds is 5. The number of thioether (sulfide) groups is 1. The molecule has 1 aromatic heterocycles. The Morgan fingerprint density at radius 3 is 2.69 bits per heavy atom. The van der Waals surface area contributed by atoms with Gasteiger partial charge in [0.25, 0.3) is 5.91 Å². The molecule has 7 heteroatoms. The number of amidine groups is 1. The molecular weight excluding hydrogens is 389 g/mol. The van der Waals surface area contributed by atoms with E-state index in [9.17, 15) is 9.18 Å². The molecule has 1 aliphatic rings. The number of aliphatic imine (C=N–C) groups is 1. The number of carbonyl (C=O) groups is 1. The molecule has 0 saturated carbocycles. The molecule has 5 nitrogen and oxygen atoms in total. The van der Waals surface area contributed by atoms with Gasteiger partial charge in [0, 0.05) is 11.9 Å². The predicted molar refractivity (Wildman–Crippen MR) is 114 cm³/mol. The van der Waals surface area contributed by atoms with Crippen LogP contribution in [0.5, 0.6) is 5.75 Å². The zero-order valence-electron chi connectivity index (χ0n) is 15.6. The second-order valence-electron chi connectivity index (χ2n) is 6.16. The van der Waals surface area contributed by atoms with E-state index in [1.165, 1.54) is 17.8 Å². The summed E-state index contributed by atoms with van der Waals surface area (Å²) in [5, 5.41) is 3.26. The zero-order valence-corrected chi connectivity index (χ0v) is 16.4. The van der Waals surface area contributed by atoms with Crippen LogP contribution >= 0.6 is 11.8 Å². The molecule has 4 rings (SSSR count). The molecule has 0 bridgehead atoms. The standard InChI is InChI=1S/C22H18FN3O2S/c1-2-28-17-11-9-15(10-12-17)24-22-25-21(27)20(29-22)14-16-6-5-13-26(16)19-8-4-3-7-18(19)23/h3-14H,2H2,1H3,(H,24,25,27)/b20-14+. The number of hydrogen-bond donors (Lipinski definition) is 1. The minimum Gasteiger partial charge on any atom is -0.494 e. The molecule has 1 amide bonds. The minimum absolute atomic E-state index is 0.235. The number of nitrogens with zero attached hydrogens (tertiary/aromatic N) is 2. The highest BCUT2D eigenvalue weighted by Crippen LogP contribution is 2.29. The van der Waals surface area contributed by atoms with Gasteiger partial charge < -0.3 is 14.6 Å². The topological polar surface area (TPSA) is 55.6 Å². The van der Waals surface area contributed by atoms with Crippen molar-refractivity contribution in [1.82, 2.24) is 9.88 Å². The summed E-state index contributed by atoms with van der Waals surface area (Å²) in [4.78, 5) is 17.3. The van der Waals surface area contributed by atoms with Crippen molar-refractivity contribution in [2.45, 2.75) is 6.92 Å². The summed E-state index contributed by atoms with van der Waals surface area (Å²) in [5.41, 5.74) is 1.85. The lowest BCUT2D eigenvalue weighted by Crippen LogP contribution is -2.19. The summed E-state index contributed by atoms with van der Waals surface area (Å²) in [7, 11) is 0. The monoisotopic (exact) mass is 407 g/mol. The molecule has 1 aliphatic heterocycles. The molecule has 0 unspecified atom stereocenters. The van der Waals surface area contributed by atoms with E-state index in [4.69, 9.17) is 4.74 Å². The first-order valence-corrected chi connectivity index (χ1v) is 9.90. The first-order chi connectivity index (χ1) is 14.1. The van der Waals surface area contributed by atoms with Crippen LogP contribution in [0.2, 0.25) is 0 Å². The van der Waals surface area contributed by atoms with Gasteiger partial charge in [0.05, 0.1) is 22.9 Å². The van der Waals surface area contributed by atoms with Crippen molar-refractivity contribution in [2.75, 3.05) is 6.61 Å². The van der Waals surface area contributed by atoms with E-state index in [0.717, 1.165) is 5.75 Å². The Morgan fingerprint density at radius 1 is 1.14 bits per heavy atom. The number of nitrogens with one attached hydrogen (secondary N) is 1. The van der Waals surface area contributed by atoms with Crippen molar-refractivity contribution in [2.24, 2.45) is 4.99 Å². The van der Waals surface area contributed by atoms with Crippen LogP contribution in [-0.4, -0.2) is 22.2 Å². The van der Waals surface area contributed by atoms with E-state index in [2.05, 4.69) is 10.3 Å². The van der Waals surface area contributed by atoms with Gasteiger partial charge >= 0.3 is 0 Å². The zero-order chi connectivity index (χ0) is 20.2. The highest BCUT2D eigenvalue weighted by Gasteiger charge is 2.24. The van der Waals surface area contributed by atoms with Gasteiger partial charge in [-0.15, -0.1) is 0 Å². The Morgan fingerprint density at radius 2 is 1.93 bits per heavy atom. The maximum Gasteiger partial charge on any atom is 0.264 e. The molecule has 146 valence electrons. The maximum absolute atomic E-state index is 14.2. The van der Waals surface area contributed by atoms with Crippen LogP contribution in [-0.2, 0) is 4.79 Å². The Kier molecular flexibility index (Phi) is 5.48. The summed E-state index contributed by atoms with van der Waals surface area (Å²) >= 11 is 1.25. The fourth-order valence-electron chi connectivity index (χ4n) is 2.89. The van der Waals surface area contributed by atoms with Gasteiger partial charge in [0.15, 0.2) is 5.17 Å². The van der Waals surface area contributed by atoms with E-state index in [0.29, 0.717) is 33.7 Å². The summed E-state index contributed by atoms with van der Waals surface area (Å²) in [5.74, 6) is 0.208. The molecule has 29 heavy (non-hydrogen) atoms. The molecule has 1 saturated heterocycles. The number of carbonyl (C=O) groups excluding carboxylic acids is 1. The first-order valence-electron chi connectivity index (χ1n) is 9.09. The fraction of sp³-hybridized carbons (Fsp3) is 0.0909. The quantitative estimate of drug-likeness (QED) is 0.612. The largest absolute Gasteiger partial charge is 0.494 e. The van der Waals surface area contributed by atoms with Gasteiger partial charge in [0.1, 0.15) is 11.6 Å². The third-order valence-corrected chi connectivity index (χ3v) is 5.11. The summed E-state index contributed by atoms with van der Waals surface area (Å²) in [6.07, 6.45) is 3.49. The average Bonchev–Trinajstić information content (AvgIpc) is 3.31. The Balaban J connectivity index is 1.57. The second kappa shape index (κ2) is 8.36. The molecule has 0 atom stereocenters. The van der Waals surface area contributed by atoms with Crippen molar-refractivity contribution in [3.8, 4) is 11.4 Å². The van der Waals surface area contributed by atoms with Gasteiger partial charge in [-0.3, -0.25) is 4.79 Å². The number of ether oxygens (including phenoxy) is 1. The Bertz CT molecular complexity index is 1100. The van der Waals surface area contributed by atoms with Crippen LogP contribution in [0.4, 0.5) is 10.1 Å². The lowest BCUT2D eigenvalue weighted by molar-refractivity contribution is -0.115. The SMILES string of the molecule is CCOc1ccc(N=C2NC(=O)/C(=C\c3cccn3-c3ccccc3F)S2)cc1. The predicted octanol–water partition coefficient (Wildman–Crippen LogP) is 4.91. The molecule has 0 spiro atoms. The number of halogens is 1. The molecule has 1 fully saturated rings. The van der Waals surface area contributed by atoms with Crippen molar-refractivity contribution in [3.63, 3.8) is 0 Å². The molecule has 0 radical (unpaired) electrons. The highest BCUT2D eigenvalue weighted by molar-refractivity contribution is 8.18. The van der Waals surface area contributed by atoms with Crippen molar-refractivity contribution in [3.05, 3.63) is 83.3 Å². The van der Waals surface area contributed by atoms with E-state index in [-0.39, 0.29) is 11.7 Å². The van der Waals surface area contributed by atoms with Gasteiger partial charge in [-0.25, -0.2) is 9.38 Å². The molecule has 1 N–H and O–H groups in total. The Hall–Kier alpha value is -3.32. The molecule has 0 aliphatic carbocycles. The third kappa shape index (κ3) is 4.25. The van der Waals surface area contributed by atoms with Crippen molar-refractivity contribution >= 4 is 34.6 Å². The number of aromatic nitrogens is 1. The number of para-hydroxylation sites is 1. The van der Waals surface area contributed by atoms with Crippen LogP contribution < -0.4 is 10.1 Å². The third-order valence-electron chi connectivity index (χ3n) is 4.20. The molecule has 3 aromatic rings. The average molecular weight is 407 g/mol. The van der Waals surface area contributed by atoms with Crippen LogP contribution in [0, 0.1) is 5.82 Å². The van der Waals surface area contributed by atoms with E-state index in [1.54, 1.807) is 35.0 Å². The van der Waals surface area contributed by atoms with Crippen LogP contribution in [0.15, 0.2) is 76.8 Å². The highest BCUT2D eigenvalue weighted by atomic mass is 32.2. The first kappa shape index (κ1) is 19.0. The summed E-state index contributed by atoms with van der Waals surface area (Å²) in [6.45, 7) is 2.53. The van der Waals surface area contributed by atoms with Crippen molar-refractivity contribution in [1.29, 1.82) is 0 Å². The van der Waals surface area contributed by atoms with Gasteiger partial charge in [-0.05, 0) is 73.3 Å². The van der Waals surface area contributed by atoms with E-state index in [1.807, 2.05) is 43.3 Å².